The van der Waals surface area contributed by atoms with Crippen LogP contribution in [-0.4, -0.2) is 60.4 Å². The molecule has 0 saturated heterocycles. The molecular weight excluding hydrogens is 804 g/mol. The molecule has 0 saturated carbocycles. The molecule has 4 N–H and O–H groups in total. The first-order chi connectivity index (χ1) is 24.2. The van der Waals surface area contributed by atoms with Crippen molar-refractivity contribution in [1.82, 2.24) is 0 Å². The van der Waals surface area contributed by atoms with Crippen LogP contribution in [-0.2, 0) is 20.4 Å². The number of phenolic OH excluding ortho intramolecular Hbond substituents is 2. The number of aliphatic imine (C=N–C) groups is 2. The van der Waals surface area contributed by atoms with Gasteiger partial charge in [0.2, 0.25) is 0 Å². The molecule has 8 aliphatic rings. The van der Waals surface area contributed by atoms with E-state index in [2.05, 4.69) is 52.5 Å². The maximum atomic E-state index is 13.4. The first-order valence-corrected chi connectivity index (χ1v) is 20.1. The minimum absolute atomic E-state index is 0.0886. The monoisotopic (exact) mass is 828 g/mol. The third kappa shape index (κ3) is 4.04. The third-order valence-corrected chi connectivity index (χ3v) is 14.8. The van der Waals surface area contributed by atoms with Crippen LogP contribution in [0.15, 0.2) is 63.0 Å². The van der Waals surface area contributed by atoms with Crippen LogP contribution in [0, 0.1) is 0 Å². The van der Waals surface area contributed by atoms with Gasteiger partial charge >= 0.3 is 0 Å². The molecule has 0 radical (unpaired) electrons. The molecule has 2 aromatic carbocycles. The number of carbonyl (C=O) groups is 2. The van der Waals surface area contributed by atoms with Crippen LogP contribution in [0.5, 0.6) is 11.5 Å². The highest BCUT2D eigenvalue weighted by Gasteiger charge is 2.49. The summed E-state index contributed by atoms with van der Waals surface area (Å²) < 4.78 is 0.898. The average Bonchev–Trinajstić information content (AvgIpc) is 3.76. The number of nitrogens with zero attached hydrogens (tertiary/aromatic N) is 4. The Morgan fingerprint density at radius 3 is 1.58 bits per heavy atom. The van der Waals surface area contributed by atoms with Gasteiger partial charge in [-0.1, -0.05) is 33.7 Å². The number of aromatic hydroxyl groups is 2. The van der Waals surface area contributed by atoms with Gasteiger partial charge in [-0.3, -0.25) is 29.6 Å². The summed E-state index contributed by atoms with van der Waals surface area (Å²) in [5.41, 5.74) is 4.41. The third-order valence-electron chi connectivity index (χ3n) is 10.9. The number of carbonyl (C=O) groups excluding carboxylic acids is 2. The molecule has 2 spiro atoms. The molecule has 10 rings (SSSR count). The molecule has 6 heterocycles. The van der Waals surface area contributed by atoms with Crippen molar-refractivity contribution in [3.63, 3.8) is 0 Å². The minimum Gasteiger partial charge on any atom is -0.504 e. The van der Waals surface area contributed by atoms with Crippen molar-refractivity contribution in [2.75, 3.05) is 36.8 Å². The van der Waals surface area contributed by atoms with E-state index in [1.807, 2.05) is 24.6 Å². The summed E-state index contributed by atoms with van der Waals surface area (Å²) in [6, 6.07) is 0. The number of allylic oxidation sites excluding steroid dienone is 8. The smallest absolute Gasteiger partial charge is 0.193 e. The Kier molecular flexibility index (Phi) is 6.76. The maximum absolute atomic E-state index is 13.4. The molecule has 0 amide bonds. The highest BCUT2D eigenvalue weighted by molar-refractivity contribution is 9.12. The fourth-order valence-corrected chi connectivity index (χ4v) is 12.7. The van der Waals surface area contributed by atoms with Gasteiger partial charge in [-0.25, -0.2) is 0 Å². The molecule has 250 valence electrons. The summed E-state index contributed by atoms with van der Waals surface area (Å²) in [4.78, 5) is 47.5. The number of anilines is 2. The zero-order valence-electron chi connectivity index (χ0n) is 26.2. The number of halogens is 2. The largest absolute Gasteiger partial charge is 0.504 e. The van der Waals surface area contributed by atoms with Gasteiger partial charge in [-0.2, -0.15) is 0 Å². The van der Waals surface area contributed by atoms with Crippen LogP contribution in [0.1, 0.15) is 36.8 Å². The zero-order chi connectivity index (χ0) is 34.1. The number of rotatable bonds is 3. The van der Waals surface area contributed by atoms with E-state index in [0.717, 1.165) is 66.1 Å². The molecule has 2 aromatic rings. The number of fused-ring (bicyclic) bond motifs is 6. The van der Waals surface area contributed by atoms with E-state index < -0.39 is 10.8 Å². The van der Waals surface area contributed by atoms with Crippen molar-refractivity contribution in [2.24, 2.45) is 20.0 Å². The van der Waals surface area contributed by atoms with Crippen LogP contribution in [0.25, 0.3) is 11.1 Å². The Labute approximate surface area is 309 Å². The molecule has 14 heteroatoms. The lowest BCUT2D eigenvalue weighted by Gasteiger charge is -2.43. The van der Waals surface area contributed by atoms with Gasteiger partial charge in [0.25, 0.3) is 0 Å². The van der Waals surface area contributed by atoms with E-state index in [1.54, 1.807) is 12.2 Å². The Bertz CT molecular complexity index is 2380. The van der Waals surface area contributed by atoms with Gasteiger partial charge in [0.1, 0.15) is 11.4 Å². The van der Waals surface area contributed by atoms with Crippen molar-refractivity contribution in [3.8, 4) is 11.5 Å². The summed E-state index contributed by atoms with van der Waals surface area (Å²) >= 11 is 7.11. The Morgan fingerprint density at radius 2 is 1.14 bits per heavy atom. The normalized spacial score (nSPS) is 26.2. The van der Waals surface area contributed by atoms with Crippen molar-refractivity contribution < 1.29 is 19.8 Å². The van der Waals surface area contributed by atoms with Gasteiger partial charge in [-0.15, -0.1) is 0 Å². The zero-order valence-corrected chi connectivity index (χ0v) is 31.0. The molecule has 0 aromatic heterocycles. The summed E-state index contributed by atoms with van der Waals surface area (Å²) in [6.07, 6.45) is 13.7. The van der Waals surface area contributed by atoms with Crippen LogP contribution in [0.4, 0.5) is 22.7 Å². The van der Waals surface area contributed by atoms with E-state index in [4.69, 9.17) is 9.98 Å². The summed E-state index contributed by atoms with van der Waals surface area (Å²) in [7, 11) is 2.91. The van der Waals surface area contributed by atoms with Crippen molar-refractivity contribution >= 4 is 111 Å². The number of phenols is 2. The molecule has 0 fully saturated rings. The number of ketones is 2. The second kappa shape index (κ2) is 10.9. The maximum Gasteiger partial charge on any atom is 0.193 e. The minimum atomic E-state index is -0.794. The standard InChI is InChI=1S/C36H26Br2N6O4S2/c37-17-11-35(3-7-41-31-25(35)27-23-15(1-5-39-27)13-43-29(23)33(31)47)21(9-19(17)45)49-50-22-10-20(46)18(38)12-36(22)4-8-42-32-26(36)28-24-16(2-6-40-28)14-44-30(24)34(32)48/h9-14,41-42,47-48H,1-8H2/t35-,36-/m0/s1. The molecule has 6 aliphatic heterocycles. The highest BCUT2D eigenvalue weighted by atomic mass is 79.9. The van der Waals surface area contributed by atoms with Crippen LogP contribution < -0.4 is 31.8 Å². The van der Waals surface area contributed by atoms with Crippen molar-refractivity contribution in [2.45, 2.75) is 36.5 Å². The number of benzene rings is 2. The fraction of sp³-hybridized carbons (Fsp3) is 0.278. The molecule has 0 bridgehead atoms. The van der Waals surface area contributed by atoms with E-state index >= 15 is 0 Å². The van der Waals surface area contributed by atoms with Crippen LogP contribution in [0.3, 0.4) is 0 Å². The lowest BCUT2D eigenvalue weighted by atomic mass is 9.71. The second-order valence-electron chi connectivity index (χ2n) is 13.4. The molecule has 10 nitrogen and oxygen atoms in total. The molecule has 0 unspecified atom stereocenters. The summed E-state index contributed by atoms with van der Waals surface area (Å²) in [6.45, 7) is 2.30. The SMILES string of the molecule is O=C1C=C(SSC2=CC(=O)C(Br)=C[C@@]23CCNc2c(O)c4c5c(c23)=NCCC=5C=N4)[C@@]2(C=C1Br)CCNc1c(O)c3c4c(c12)=NCCC=4C=N3. The first kappa shape index (κ1) is 31.1. The summed E-state index contributed by atoms with van der Waals surface area (Å²) in [5.74, 6) is -0.137. The first-order valence-electron chi connectivity index (χ1n) is 16.4. The fourth-order valence-electron chi connectivity index (χ4n) is 8.62. The lowest BCUT2D eigenvalue weighted by molar-refractivity contribution is -0.111. The Morgan fingerprint density at radius 1 is 0.700 bits per heavy atom. The van der Waals surface area contributed by atoms with Gasteiger partial charge in [-0.05, 0) is 80.8 Å². The lowest BCUT2D eigenvalue weighted by Crippen LogP contribution is -2.46. The van der Waals surface area contributed by atoms with E-state index in [1.165, 1.54) is 21.6 Å². The number of hydrogen-bond donors (Lipinski definition) is 4. The average molecular weight is 831 g/mol. The van der Waals surface area contributed by atoms with Crippen molar-refractivity contribution in [1.29, 1.82) is 0 Å². The molecule has 2 aliphatic carbocycles. The Balaban J connectivity index is 1.14. The Hall–Kier alpha value is -3.72. The summed E-state index contributed by atoms with van der Waals surface area (Å²) in [5, 5.41) is 33.3. The van der Waals surface area contributed by atoms with Gasteiger partial charge in [0.05, 0.1) is 41.9 Å². The van der Waals surface area contributed by atoms with Crippen LogP contribution >= 0.6 is 53.4 Å². The van der Waals surface area contributed by atoms with E-state index in [-0.39, 0.29) is 23.1 Å². The van der Waals surface area contributed by atoms with Gasteiger partial charge in [0, 0.05) is 70.0 Å². The predicted molar refractivity (Wildman–Crippen MR) is 205 cm³/mol. The second-order valence-corrected chi connectivity index (χ2v) is 17.3. The van der Waals surface area contributed by atoms with E-state index in [9.17, 15) is 19.8 Å². The molecular formula is C36H26Br2N6O4S2. The van der Waals surface area contributed by atoms with Crippen molar-refractivity contribution in [3.05, 3.63) is 75.4 Å². The molecule has 2 atom stereocenters. The topological polar surface area (TPSA) is 148 Å². The van der Waals surface area contributed by atoms with Crippen LogP contribution in [0.2, 0.25) is 0 Å². The predicted octanol–water partition coefficient (Wildman–Crippen LogP) is 4.56. The number of hydrogen-bond acceptors (Lipinski definition) is 12. The van der Waals surface area contributed by atoms with Gasteiger partial charge in [0.15, 0.2) is 23.1 Å². The van der Waals surface area contributed by atoms with E-state index in [0.29, 0.717) is 70.7 Å². The number of nitrogens with one attached hydrogen (secondary N) is 2. The molecule has 50 heavy (non-hydrogen) atoms. The van der Waals surface area contributed by atoms with Gasteiger partial charge < -0.3 is 20.8 Å². The highest BCUT2D eigenvalue weighted by Crippen LogP contribution is 2.60. The quantitative estimate of drug-likeness (QED) is 0.260.